The third kappa shape index (κ3) is 4.99. The molecule has 0 radical (unpaired) electrons. The zero-order valence-corrected chi connectivity index (χ0v) is 16.6. The molecule has 0 bridgehead atoms. The molecular weight excluding hydrogens is 431 g/mol. The van der Waals surface area contributed by atoms with Crippen molar-refractivity contribution in [2.45, 2.75) is 19.1 Å². The lowest BCUT2D eigenvalue weighted by Gasteiger charge is -2.38. The number of carbonyl (C=O) groups is 1. The third-order valence-electron chi connectivity index (χ3n) is 4.88. The first-order valence-corrected chi connectivity index (χ1v) is 9.41. The first-order valence-electron chi connectivity index (χ1n) is 9.04. The smallest absolute Gasteiger partial charge is 0.353 e. The number of alkyl halides is 3. The predicted octanol–water partition coefficient (Wildman–Crippen LogP) is 4.18. The fourth-order valence-corrected chi connectivity index (χ4v) is 3.41. The number of carbonyl (C=O) groups excluding carboxylic acids is 1. The molecule has 2 aromatic rings. The number of hydrogen-bond acceptors (Lipinski definition) is 4. The van der Waals surface area contributed by atoms with Gasteiger partial charge in [0.25, 0.3) is 0 Å². The van der Waals surface area contributed by atoms with Crippen molar-refractivity contribution < 1.29 is 26.7 Å². The van der Waals surface area contributed by atoms with Crippen molar-refractivity contribution in [2.75, 3.05) is 36.4 Å². The fraction of sp³-hybridized carbons (Fsp3) is 0.368. The summed E-state index contributed by atoms with van der Waals surface area (Å²) in [7, 11) is 0. The Morgan fingerprint density at radius 1 is 1.13 bits per heavy atom. The van der Waals surface area contributed by atoms with Crippen molar-refractivity contribution in [1.82, 2.24) is 9.88 Å². The Hall–Kier alpha value is -2.46. The summed E-state index contributed by atoms with van der Waals surface area (Å²) in [6, 6.07) is 3.37. The maximum absolute atomic E-state index is 13.3. The van der Waals surface area contributed by atoms with Gasteiger partial charge in [-0.15, -0.1) is 0 Å². The number of anilines is 2. The van der Waals surface area contributed by atoms with Gasteiger partial charge < -0.3 is 10.2 Å². The molecule has 11 heteroatoms. The highest BCUT2D eigenvalue weighted by Gasteiger charge is 2.33. The Labute approximate surface area is 174 Å². The van der Waals surface area contributed by atoms with Crippen LogP contribution in [0.5, 0.6) is 0 Å². The molecule has 1 aliphatic rings. The van der Waals surface area contributed by atoms with Gasteiger partial charge in [-0.3, -0.25) is 9.69 Å². The Balaban J connectivity index is 1.59. The lowest BCUT2D eigenvalue weighted by Crippen LogP contribution is -2.53. The predicted molar refractivity (Wildman–Crippen MR) is 102 cm³/mol. The van der Waals surface area contributed by atoms with Gasteiger partial charge in [-0.1, -0.05) is 11.6 Å². The summed E-state index contributed by atoms with van der Waals surface area (Å²) in [5, 5.41) is 2.44. The lowest BCUT2D eigenvalue weighted by molar-refractivity contribution is -0.137. The number of halogens is 6. The van der Waals surface area contributed by atoms with E-state index in [-0.39, 0.29) is 22.4 Å². The minimum absolute atomic E-state index is 0.0950. The molecule has 1 aromatic carbocycles. The minimum Gasteiger partial charge on any atom is -0.353 e. The first kappa shape index (κ1) is 22.2. The Morgan fingerprint density at radius 3 is 2.37 bits per heavy atom. The number of pyridine rings is 1. The topological polar surface area (TPSA) is 48.5 Å². The van der Waals surface area contributed by atoms with Crippen LogP contribution in [-0.4, -0.2) is 48.0 Å². The second kappa shape index (κ2) is 8.73. The van der Waals surface area contributed by atoms with E-state index in [4.69, 9.17) is 11.6 Å². The Kier molecular flexibility index (Phi) is 6.47. The zero-order chi connectivity index (χ0) is 22.1. The SMILES string of the molecule is CC(C(=O)Nc1ccc(F)c(F)c1)N1CCN(c2ncc(C(F)(F)F)cc2Cl)CC1. The molecule has 162 valence electrons. The van der Waals surface area contributed by atoms with Crippen LogP contribution in [0.25, 0.3) is 0 Å². The number of benzene rings is 1. The highest BCUT2D eigenvalue weighted by Crippen LogP contribution is 2.33. The molecule has 30 heavy (non-hydrogen) atoms. The van der Waals surface area contributed by atoms with Crippen molar-refractivity contribution in [3.05, 3.63) is 52.7 Å². The number of nitrogens with zero attached hydrogens (tertiary/aromatic N) is 3. The highest BCUT2D eigenvalue weighted by atomic mass is 35.5. The molecule has 1 saturated heterocycles. The number of piperazine rings is 1. The second-order valence-corrected chi connectivity index (χ2v) is 7.25. The lowest BCUT2D eigenvalue weighted by atomic mass is 10.2. The van der Waals surface area contributed by atoms with Crippen LogP contribution in [-0.2, 0) is 11.0 Å². The van der Waals surface area contributed by atoms with Crippen LogP contribution in [0.3, 0.4) is 0 Å². The molecule has 1 unspecified atom stereocenters. The van der Waals surface area contributed by atoms with Crippen LogP contribution < -0.4 is 10.2 Å². The summed E-state index contributed by atoms with van der Waals surface area (Å²) in [5.41, 5.74) is -0.775. The largest absolute Gasteiger partial charge is 0.417 e. The van der Waals surface area contributed by atoms with Crippen molar-refractivity contribution in [3.63, 3.8) is 0 Å². The molecule has 1 aromatic heterocycles. The monoisotopic (exact) mass is 448 g/mol. The molecule has 1 fully saturated rings. The molecule has 1 amide bonds. The van der Waals surface area contributed by atoms with Gasteiger partial charge in [0, 0.05) is 44.1 Å². The van der Waals surface area contributed by atoms with Gasteiger partial charge in [0.15, 0.2) is 11.6 Å². The molecule has 0 spiro atoms. The Morgan fingerprint density at radius 2 is 1.80 bits per heavy atom. The van der Waals surface area contributed by atoms with E-state index in [1.54, 1.807) is 11.8 Å². The molecule has 0 aliphatic carbocycles. The van der Waals surface area contributed by atoms with E-state index in [1.165, 1.54) is 6.07 Å². The second-order valence-electron chi connectivity index (χ2n) is 6.84. The van der Waals surface area contributed by atoms with Gasteiger partial charge in [-0.25, -0.2) is 13.8 Å². The van der Waals surface area contributed by atoms with Crippen molar-refractivity contribution in [2.24, 2.45) is 0 Å². The van der Waals surface area contributed by atoms with Gasteiger partial charge >= 0.3 is 6.18 Å². The van der Waals surface area contributed by atoms with Crippen LogP contribution >= 0.6 is 11.6 Å². The summed E-state index contributed by atoms with van der Waals surface area (Å²) >= 11 is 5.99. The highest BCUT2D eigenvalue weighted by molar-refractivity contribution is 6.33. The van der Waals surface area contributed by atoms with E-state index in [1.807, 2.05) is 4.90 Å². The van der Waals surface area contributed by atoms with E-state index >= 15 is 0 Å². The van der Waals surface area contributed by atoms with Crippen LogP contribution in [0.1, 0.15) is 12.5 Å². The first-order chi connectivity index (χ1) is 14.1. The molecule has 1 atom stereocenters. The molecule has 1 N–H and O–H groups in total. The number of nitrogens with one attached hydrogen (secondary N) is 1. The van der Waals surface area contributed by atoms with Crippen LogP contribution in [0, 0.1) is 11.6 Å². The number of amides is 1. The Bertz CT molecular complexity index is 932. The number of aromatic nitrogens is 1. The fourth-order valence-electron chi connectivity index (χ4n) is 3.13. The van der Waals surface area contributed by atoms with E-state index in [0.29, 0.717) is 26.2 Å². The maximum atomic E-state index is 13.3. The van der Waals surface area contributed by atoms with E-state index in [0.717, 1.165) is 24.4 Å². The van der Waals surface area contributed by atoms with E-state index in [2.05, 4.69) is 10.3 Å². The average molecular weight is 449 g/mol. The standard InChI is InChI=1S/C19H18ClF5N4O/c1-11(18(30)27-13-2-3-15(21)16(22)9-13)28-4-6-29(7-5-28)17-14(20)8-12(10-26-17)19(23,24)25/h2-3,8-11H,4-7H2,1H3,(H,27,30). The van der Waals surface area contributed by atoms with Gasteiger partial charge in [-0.05, 0) is 25.1 Å². The van der Waals surface area contributed by atoms with Crippen LogP contribution in [0.4, 0.5) is 33.5 Å². The van der Waals surface area contributed by atoms with Gasteiger partial charge in [0.1, 0.15) is 5.82 Å². The quantitative estimate of drug-likeness (QED) is 0.713. The average Bonchev–Trinajstić information content (AvgIpc) is 2.69. The number of rotatable bonds is 4. The molecule has 0 saturated carbocycles. The zero-order valence-electron chi connectivity index (χ0n) is 15.8. The molecule has 5 nitrogen and oxygen atoms in total. The summed E-state index contributed by atoms with van der Waals surface area (Å²) in [6.07, 6.45) is -3.78. The van der Waals surface area contributed by atoms with Crippen molar-refractivity contribution >= 4 is 29.0 Å². The number of hydrogen-bond donors (Lipinski definition) is 1. The minimum atomic E-state index is -4.52. The molecule has 3 rings (SSSR count). The van der Waals surface area contributed by atoms with Gasteiger partial charge in [-0.2, -0.15) is 13.2 Å². The van der Waals surface area contributed by atoms with Crippen molar-refractivity contribution in [1.29, 1.82) is 0 Å². The van der Waals surface area contributed by atoms with E-state index < -0.39 is 29.4 Å². The van der Waals surface area contributed by atoms with Gasteiger partial charge in [0.2, 0.25) is 5.91 Å². The summed E-state index contributed by atoms with van der Waals surface area (Å²) < 4.78 is 64.6. The summed E-state index contributed by atoms with van der Waals surface area (Å²) in [5.74, 6) is -2.20. The van der Waals surface area contributed by atoms with Gasteiger partial charge in [0.05, 0.1) is 16.6 Å². The summed E-state index contributed by atoms with van der Waals surface area (Å²) in [6.45, 7) is 3.35. The molecule has 1 aliphatic heterocycles. The maximum Gasteiger partial charge on any atom is 0.417 e. The van der Waals surface area contributed by atoms with E-state index in [9.17, 15) is 26.7 Å². The molecule has 2 heterocycles. The normalized spacial score (nSPS) is 16.4. The van der Waals surface area contributed by atoms with Crippen LogP contribution in [0.15, 0.2) is 30.5 Å². The molecular formula is C19H18ClF5N4O. The third-order valence-corrected chi connectivity index (χ3v) is 5.16. The van der Waals surface area contributed by atoms with Crippen molar-refractivity contribution in [3.8, 4) is 0 Å². The summed E-state index contributed by atoms with van der Waals surface area (Å²) in [4.78, 5) is 19.9. The van der Waals surface area contributed by atoms with Crippen LogP contribution in [0.2, 0.25) is 5.02 Å².